The van der Waals surface area contributed by atoms with Crippen molar-refractivity contribution in [2.75, 3.05) is 0 Å². The van der Waals surface area contributed by atoms with Crippen molar-refractivity contribution in [3.8, 4) is 23.0 Å². The number of hydrogen-bond donors (Lipinski definition) is 2. The summed E-state index contributed by atoms with van der Waals surface area (Å²) in [5.74, 6) is 0.313. The molecule has 0 atom stereocenters. The van der Waals surface area contributed by atoms with Crippen LogP contribution in [-0.4, -0.2) is 74.1 Å². The lowest BCUT2D eigenvalue weighted by Gasteiger charge is -2.20. The van der Waals surface area contributed by atoms with Crippen LogP contribution in [0.15, 0.2) is 117 Å². The normalized spacial score (nSPS) is 11.8. The highest BCUT2D eigenvalue weighted by molar-refractivity contribution is 7.91. The summed E-state index contributed by atoms with van der Waals surface area (Å²) in [6.07, 6.45) is -3.89. The van der Waals surface area contributed by atoms with E-state index in [0.29, 0.717) is 0 Å². The number of aromatic hydroxyl groups is 2. The minimum atomic E-state index is -3.83. The van der Waals surface area contributed by atoms with Crippen molar-refractivity contribution < 1.29 is 79.4 Å². The van der Waals surface area contributed by atoms with Crippen LogP contribution in [0.4, 0.5) is 19.2 Å². The van der Waals surface area contributed by atoms with Crippen molar-refractivity contribution in [3.63, 3.8) is 0 Å². The van der Waals surface area contributed by atoms with Crippen molar-refractivity contribution in [3.05, 3.63) is 97.1 Å². The second-order valence-corrected chi connectivity index (χ2v) is 21.0. The highest BCUT2D eigenvalue weighted by Crippen LogP contribution is 2.27. The lowest BCUT2D eigenvalue weighted by atomic mass is 10.2. The molecule has 4 rings (SSSR count). The van der Waals surface area contributed by atoms with E-state index in [2.05, 4.69) is 4.74 Å². The highest BCUT2D eigenvalue weighted by Gasteiger charge is 2.25. The Bertz CT molecular complexity index is 2220. The number of carbonyl (C=O) groups is 4. The Kier molecular flexibility index (Phi) is 17.7. The Morgan fingerprint density at radius 2 is 0.571 bits per heavy atom. The van der Waals surface area contributed by atoms with Crippen LogP contribution in [0.3, 0.4) is 0 Å². The third-order valence-electron chi connectivity index (χ3n) is 6.69. The summed E-state index contributed by atoms with van der Waals surface area (Å²) in [5, 5.41) is 18.2. The first-order valence-electron chi connectivity index (χ1n) is 18.9. The molecule has 4 aromatic carbocycles. The van der Waals surface area contributed by atoms with Crippen molar-refractivity contribution in [2.45, 2.75) is 125 Å². The van der Waals surface area contributed by atoms with Crippen LogP contribution >= 0.6 is 0 Å². The molecule has 0 aliphatic rings. The smallest absolute Gasteiger partial charge is 0.508 e. The fourth-order valence-electron chi connectivity index (χ4n) is 4.24. The zero-order valence-electron chi connectivity index (χ0n) is 37.1. The van der Waals surface area contributed by atoms with Gasteiger partial charge >= 0.3 is 24.6 Å². The number of sulfone groups is 2. The summed E-state index contributed by atoms with van der Waals surface area (Å²) in [6.45, 7) is 20.2. The van der Waals surface area contributed by atoms with E-state index in [1.807, 2.05) is 0 Å². The van der Waals surface area contributed by atoms with Crippen LogP contribution in [0.1, 0.15) is 83.1 Å². The van der Waals surface area contributed by atoms with Crippen LogP contribution in [0.5, 0.6) is 23.0 Å². The molecule has 0 bridgehead atoms. The van der Waals surface area contributed by atoms with E-state index in [4.69, 9.17) is 38.6 Å². The number of hydrogen-bond acceptors (Lipinski definition) is 17. The van der Waals surface area contributed by atoms with Gasteiger partial charge < -0.3 is 43.4 Å². The number of phenolic OH excluding ortho intramolecular Hbond substituents is 2. The highest BCUT2D eigenvalue weighted by atomic mass is 32.2. The molecular weight excluding hydrogens is 865 g/mol. The summed E-state index contributed by atoms with van der Waals surface area (Å²) in [5.41, 5.74) is -2.81. The molecule has 17 nitrogen and oxygen atoms in total. The molecule has 19 heteroatoms. The maximum absolute atomic E-state index is 12.8. The third kappa shape index (κ3) is 19.9. The minimum Gasteiger partial charge on any atom is -0.508 e. The first-order chi connectivity index (χ1) is 28.6. The Balaban J connectivity index is 0.000000359. The van der Waals surface area contributed by atoms with Gasteiger partial charge in [0.15, 0.2) is 0 Å². The van der Waals surface area contributed by atoms with E-state index in [1.165, 1.54) is 97.1 Å². The first-order valence-corrected chi connectivity index (χ1v) is 21.9. The monoisotopic (exact) mass is 918 g/mol. The van der Waals surface area contributed by atoms with E-state index in [0.717, 1.165) is 0 Å². The molecule has 0 aromatic heterocycles. The van der Waals surface area contributed by atoms with Gasteiger partial charge in [-0.15, -0.1) is 0 Å². The number of ether oxygens (including phenoxy) is 7. The zero-order valence-corrected chi connectivity index (χ0v) is 38.7. The molecule has 0 saturated carbocycles. The summed E-state index contributed by atoms with van der Waals surface area (Å²) in [4.78, 5) is 45.6. The zero-order chi connectivity index (χ0) is 48.2. The van der Waals surface area contributed by atoms with Crippen LogP contribution in [0.2, 0.25) is 0 Å². The van der Waals surface area contributed by atoms with Gasteiger partial charge in [-0.25, -0.2) is 36.0 Å². The maximum atomic E-state index is 12.8. The van der Waals surface area contributed by atoms with Gasteiger partial charge in [0.1, 0.15) is 45.4 Å². The molecule has 0 heterocycles. The van der Waals surface area contributed by atoms with Crippen molar-refractivity contribution in [2.24, 2.45) is 0 Å². The van der Waals surface area contributed by atoms with Gasteiger partial charge in [-0.2, -0.15) is 0 Å². The lowest BCUT2D eigenvalue weighted by molar-refractivity contribution is -0.0295. The van der Waals surface area contributed by atoms with Crippen LogP contribution in [0.25, 0.3) is 0 Å². The molecule has 0 aliphatic heterocycles. The first kappa shape index (κ1) is 52.8. The Hall–Kier alpha value is -6.34. The van der Waals surface area contributed by atoms with Crippen molar-refractivity contribution in [1.29, 1.82) is 0 Å². The molecule has 0 spiro atoms. The summed E-state index contributed by atoms with van der Waals surface area (Å²) >= 11 is 0. The van der Waals surface area contributed by atoms with E-state index >= 15 is 0 Å². The van der Waals surface area contributed by atoms with Gasteiger partial charge in [-0.1, -0.05) is 0 Å². The molecule has 4 aromatic rings. The second kappa shape index (κ2) is 21.2. The Morgan fingerprint density at radius 1 is 0.365 bits per heavy atom. The summed E-state index contributed by atoms with van der Waals surface area (Å²) in [6, 6.07) is 21.3. The fourth-order valence-corrected chi connectivity index (χ4v) is 6.76. The number of carbonyl (C=O) groups excluding carboxylic acids is 4. The topological polar surface area (TPSA) is 242 Å². The fraction of sp³-hybridized carbons (Fsp3) is 0.364. The largest absolute Gasteiger partial charge is 0.519 e. The van der Waals surface area contributed by atoms with Gasteiger partial charge in [0.2, 0.25) is 19.7 Å². The van der Waals surface area contributed by atoms with Gasteiger partial charge in [-0.3, -0.25) is 0 Å². The standard InChI is InChI=1S/C22H26O8S.C12H10O4S.C10H18O5/c1-21(2,3)29-19(23)27-15-7-11-17(12-8-15)31(25,26)18-13-9-16(10-14-18)28-20(24)30-22(4,5)6;13-9-1-5-11(6-2-9)17(15,16)12-7-3-10(14)4-8-12;1-9(2,3)14-7(11)13-8(12)15-10(4,5)6/h7-14H,1-6H3;1-8,13-14H;1-6H3. The SMILES string of the molecule is CC(C)(C)OC(=O)OC(=O)OC(C)(C)C.CC(C)(C)OC(=O)Oc1ccc(S(=O)(=O)c2ccc(OC(=O)OC(C)(C)C)cc2)cc1.O=S(=O)(c1ccc(O)cc1)c1ccc(O)cc1. The third-order valence-corrected chi connectivity index (χ3v) is 10.3. The molecule has 0 amide bonds. The lowest BCUT2D eigenvalue weighted by Crippen LogP contribution is -2.29. The van der Waals surface area contributed by atoms with Crippen LogP contribution < -0.4 is 9.47 Å². The summed E-state index contributed by atoms with van der Waals surface area (Å²) in [7, 11) is -7.43. The van der Waals surface area contributed by atoms with Crippen LogP contribution in [-0.2, 0) is 43.4 Å². The van der Waals surface area contributed by atoms with Gasteiger partial charge in [0.05, 0.1) is 19.6 Å². The minimum absolute atomic E-state index is 0.00449. The predicted molar refractivity (Wildman–Crippen MR) is 227 cm³/mol. The van der Waals surface area contributed by atoms with Crippen molar-refractivity contribution >= 4 is 44.3 Å². The molecule has 344 valence electrons. The van der Waals surface area contributed by atoms with Crippen LogP contribution in [0, 0.1) is 0 Å². The van der Waals surface area contributed by atoms with Crippen molar-refractivity contribution in [1.82, 2.24) is 0 Å². The van der Waals surface area contributed by atoms with E-state index in [1.54, 1.807) is 83.1 Å². The average Bonchev–Trinajstić information content (AvgIpc) is 3.10. The second-order valence-electron chi connectivity index (χ2n) is 17.1. The predicted octanol–water partition coefficient (Wildman–Crippen LogP) is 9.95. The average molecular weight is 919 g/mol. The number of benzene rings is 4. The molecule has 0 unspecified atom stereocenters. The Morgan fingerprint density at radius 3 is 0.794 bits per heavy atom. The van der Waals surface area contributed by atoms with Gasteiger partial charge in [-0.05, 0) is 180 Å². The van der Waals surface area contributed by atoms with E-state index in [9.17, 15) is 36.0 Å². The van der Waals surface area contributed by atoms with E-state index in [-0.39, 0.29) is 42.6 Å². The van der Waals surface area contributed by atoms with Gasteiger partial charge in [0.25, 0.3) is 0 Å². The molecular formula is C44H54O17S2. The molecule has 63 heavy (non-hydrogen) atoms. The van der Waals surface area contributed by atoms with Gasteiger partial charge in [0, 0.05) is 0 Å². The number of phenols is 2. The molecule has 2 N–H and O–H groups in total. The number of rotatable bonds is 6. The molecule has 0 aliphatic carbocycles. The maximum Gasteiger partial charge on any atom is 0.519 e. The molecule has 0 fully saturated rings. The molecule has 0 radical (unpaired) electrons. The summed E-state index contributed by atoms with van der Waals surface area (Å²) < 4.78 is 83.8. The molecule has 0 saturated heterocycles. The quantitative estimate of drug-likeness (QED) is 0.0791. The van der Waals surface area contributed by atoms with E-state index < -0.39 is 66.7 Å². The Labute approximate surface area is 367 Å².